The predicted molar refractivity (Wildman–Crippen MR) is 112 cm³/mol. The topological polar surface area (TPSA) is 87.4 Å². The van der Waals surface area contributed by atoms with Gasteiger partial charge in [-0.2, -0.15) is 0 Å². The number of hydrogen-bond acceptors (Lipinski definition) is 4. The van der Waals surface area contributed by atoms with Gasteiger partial charge in [-0.05, 0) is 39.0 Å². The largest absolute Gasteiger partial charge is 0.357 e. The molecular formula is C21H35N7O. The highest BCUT2D eigenvalue weighted by molar-refractivity contribution is 5.81. The Hall–Kier alpha value is -2.12. The quantitative estimate of drug-likeness (QED) is 0.581. The van der Waals surface area contributed by atoms with E-state index in [1.807, 2.05) is 0 Å². The number of likely N-dealkylation sites (tertiary alicyclic amines) is 1. The lowest BCUT2D eigenvalue weighted by Crippen LogP contribution is -2.45. The Labute approximate surface area is 173 Å². The van der Waals surface area contributed by atoms with Crippen molar-refractivity contribution >= 4 is 11.9 Å². The zero-order valence-corrected chi connectivity index (χ0v) is 17.7. The van der Waals surface area contributed by atoms with Crippen molar-refractivity contribution in [2.45, 2.75) is 83.8 Å². The second kappa shape index (κ2) is 9.59. The SMILES string of the molecule is CCNC(=NCc1nnc2n1CCCCC2)NC1CCN(C(=O)C2CCCC2)C1. The molecular weight excluding hydrogens is 366 g/mol. The second-order valence-corrected chi connectivity index (χ2v) is 8.59. The maximum Gasteiger partial charge on any atom is 0.225 e. The molecule has 1 saturated heterocycles. The number of aliphatic imine (C=N–C) groups is 1. The monoisotopic (exact) mass is 401 g/mol. The molecule has 8 heteroatoms. The molecule has 1 saturated carbocycles. The molecule has 1 amide bonds. The number of nitrogens with zero attached hydrogens (tertiary/aromatic N) is 5. The third-order valence-corrected chi connectivity index (χ3v) is 6.45. The minimum absolute atomic E-state index is 0.258. The zero-order chi connectivity index (χ0) is 20.1. The Morgan fingerprint density at radius 3 is 2.79 bits per heavy atom. The van der Waals surface area contributed by atoms with Crippen LogP contribution in [0.15, 0.2) is 4.99 Å². The minimum Gasteiger partial charge on any atom is -0.357 e. The minimum atomic E-state index is 0.258. The van der Waals surface area contributed by atoms with Gasteiger partial charge in [-0.3, -0.25) is 4.79 Å². The summed E-state index contributed by atoms with van der Waals surface area (Å²) in [6.45, 7) is 6.04. The zero-order valence-electron chi connectivity index (χ0n) is 17.7. The van der Waals surface area contributed by atoms with Gasteiger partial charge in [-0.25, -0.2) is 4.99 Å². The fourth-order valence-electron chi connectivity index (χ4n) is 4.83. The molecule has 1 aromatic rings. The summed E-state index contributed by atoms with van der Waals surface area (Å²) in [5, 5.41) is 15.6. The van der Waals surface area contributed by atoms with Crippen LogP contribution < -0.4 is 10.6 Å². The number of aryl methyl sites for hydroxylation is 1. The van der Waals surface area contributed by atoms with Crippen LogP contribution in [-0.4, -0.2) is 57.2 Å². The van der Waals surface area contributed by atoms with Crippen molar-refractivity contribution < 1.29 is 4.79 Å². The van der Waals surface area contributed by atoms with Gasteiger partial charge < -0.3 is 20.1 Å². The van der Waals surface area contributed by atoms with Gasteiger partial charge in [0.2, 0.25) is 5.91 Å². The number of fused-ring (bicyclic) bond motifs is 1. The van der Waals surface area contributed by atoms with Crippen molar-refractivity contribution in [3.05, 3.63) is 11.6 Å². The number of aromatic nitrogens is 3. The summed E-state index contributed by atoms with van der Waals surface area (Å²) in [5.41, 5.74) is 0. The average molecular weight is 402 g/mol. The van der Waals surface area contributed by atoms with Crippen molar-refractivity contribution in [1.29, 1.82) is 0 Å². The number of nitrogens with one attached hydrogen (secondary N) is 2. The molecule has 3 aliphatic rings. The summed E-state index contributed by atoms with van der Waals surface area (Å²) < 4.78 is 2.25. The Morgan fingerprint density at radius 1 is 1.10 bits per heavy atom. The molecule has 0 bridgehead atoms. The van der Waals surface area contributed by atoms with E-state index in [1.54, 1.807) is 0 Å². The molecule has 0 spiro atoms. The lowest BCUT2D eigenvalue weighted by molar-refractivity contribution is -0.134. The molecule has 1 aromatic heterocycles. The number of carbonyl (C=O) groups excluding carboxylic acids is 1. The number of carbonyl (C=O) groups is 1. The lowest BCUT2D eigenvalue weighted by atomic mass is 10.1. The molecule has 3 heterocycles. The van der Waals surface area contributed by atoms with Gasteiger partial charge in [0, 0.05) is 44.6 Å². The highest BCUT2D eigenvalue weighted by Crippen LogP contribution is 2.27. The molecule has 1 unspecified atom stereocenters. The molecule has 29 heavy (non-hydrogen) atoms. The molecule has 0 aromatic carbocycles. The first-order valence-electron chi connectivity index (χ1n) is 11.5. The normalized spacial score (nSPS) is 23.1. The van der Waals surface area contributed by atoms with Gasteiger partial charge in [-0.15, -0.1) is 10.2 Å². The number of amides is 1. The van der Waals surface area contributed by atoms with Gasteiger partial charge >= 0.3 is 0 Å². The smallest absolute Gasteiger partial charge is 0.225 e. The fraction of sp³-hybridized carbons (Fsp3) is 0.810. The van der Waals surface area contributed by atoms with Crippen molar-refractivity contribution in [1.82, 2.24) is 30.3 Å². The molecule has 8 nitrogen and oxygen atoms in total. The van der Waals surface area contributed by atoms with Crippen LogP contribution in [-0.2, 0) is 24.3 Å². The molecule has 1 aliphatic carbocycles. The van der Waals surface area contributed by atoms with Gasteiger partial charge in [0.1, 0.15) is 12.4 Å². The summed E-state index contributed by atoms with van der Waals surface area (Å²) in [4.78, 5) is 19.5. The summed E-state index contributed by atoms with van der Waals surface area (Å²) >= 11 is 0. The van der Waals surface area contributed by atoms with Gasteiger partial charge in [-0.1, -0.05) is 19.3 Å². The molecule has 2 N–H and O–H groups in total. The van der Waals surface area contributed by atoms with E-state index in [9.17, 15) is 4.79 Å². The fourth-order valence-corrected chi connectivity index (χ4v) is 4.83. The summed E-state index contributed by atoms with van der Waals surface area (Å²) in [6.07, 6.45) is 10.2. The molecule has 1 atom stereocenters. The van der Waals surface area contributed by atoms with Crippen molar-refractivity contribution in [2.75, 3.05) is 19.6 Å². The van der Waals surface area contributed by atoms with E-state index in [1.165, 1.54) is 32.1 Å². The van der Waals surface area contributed by atoms with Crippen LogP contribution >= 0.6 is 0 Å². The predicted octanol–water partition coefficient (Wildman–Crippen LogP) is 1.85. The maximum atomic E-state index is 12.7. The van der Waals surface area contributed by atoms with E-state index in [0.29, 0.717) is 12.5 Å². The average Bonchev–Trinajstić information content (AvgIpc) is 3.45. The summed E-state index contributed by atoms with van der Waals surface area (Å²) in [6, 6.07) is 0.258. The highest BCUT2D eigenvalue weighted by Gasteiger charge is 2.32. The van der Waals surface area contributed by atoms with E-state index >= 15 is 0 Å². The molecule has 2 aliphatic heterocycles. The number of hydrogen-bond donors (Lipinski definition) is 2. The maximum absolute atomic E-state index is 12.7. The van der Waals surface area contributed by atoms with Crippen molar-refractivity contribution in [2.24, 2.45) is 10.9 Å². The molecule has 4 rings (SSSR count). The van der Waals surface area contributed by atoms with E-state index < -0.39 is 0 Å². The van der Waals surface area contributed by atoms with Crippen LogP contribution in [0.25, 0.3) is 0 Å². The second-order valence-electron chi connectivity index (χ2n) is 8.59. The Morgan fingerprint density at radius 2 is 1.97 bits per heavy atom. The van der Waals surface area contributed by atoms with Crippen LogP contribution in [0.5, 0.6) is 0 Å². The van der Waals surface area contributed by atoms with E-state index in [2.05, 4.69) is 37.2 Å². The van der Waals surface area contributed by atoms with Gasteiger partial charge in [0.15, 0.2) is 11.8 Å². The van der Waals surface area contributed by atoms with Crippen LogP contribution in [0.4, 0.5) is 0 Å². The third kappa shape index (κ3) is 4.90. The van der Waals surface area contributed by atoms with E-state index in [-0.39, 0.29) is 12.0 Å². The standard InChI is InChI=1S/C21H35N7O/c1-2-22-21(23-14-19-26-25-18-10-4-3-7-12-28(18)19)24-17-11-13-27(15-17)20(29)16-8-5-6-9-16/h16-17H,2-15H2,1H3,(H2,22,23,24). The number of rotatable bonds is 5. The van der Waals surface area contributed by atoms with Crippen LogP contribution in [0.2, 0.25) is 0 Å². The lowest BCUT2D eigenvalue weighted by Gasteiger charge is -2.21. The summed E-state index contributed by atoms with van der Waals surface area (Å²) in [7, 11) is 0. The van der Waals surface area contributed by atoms with E-state index in [4.69, 9.17) is 4.99 Å². The first-order chi connectivity index (χ1) is 14.2. The Balaban J connectivity index is 1.34. The molecule has 160 valence electrons. The van der Waals surface area contributed by atoms with Crippen molar-refractivity contribution in [3.8, 4) is 0 Å². The van der Waals surface area contributed by atoms with E-state index in [0.717, 1.165) is 69.5 Å². The third-order valence-electron chi connectivity index (χ3n) is 6.45. The van der Waals surface area contributed by atoms with Crippen LogP contribution in [0, 0.1) is 5.92 Å². The highest BCUT2D eigenvalue weighted by atomic mass is 16.2. The first kappa shape index (κ1) is 20.2. The Kier molecular flexibility index (Phi) is 6.67. The van der Waals surface area contributed by atoms with Gasteiger partial charge in [0.25, 0.3) is 0 Å². The van der Waals surface area contributed by atoms with Crippen molar-refractivity contribution in [3.63, 3.8) is 0 Å². The van der Waals surface area contributed by atoms with Crippen LogP contribution in [0.1, 0.15) is 69.9 Å². The number of guanidine groups is 1. The van der Waals surface area contributed by atoms with Gasteiger partial charge in [0.05, 0.1) is 0 Å². The van der Waals surface area contributed by atoms with Crippen LogP contribution in [0.3, 0.4) is 0 Å². The molecule has 0 radical (unpaired) electrons. The first-order valence-corrected chi connectivity index (χ1v) is 11.5. The summed E-state index contributed by atoms with van der Waals surface area (Å²) in [5.74, 6) is 3.48. The molecule has 2 fully saturated rings. The Bertz CT molecular complexity index is 723.